The first-order valence-corrected chi connectivity index (χ1v) is 5.85. The van der Waals surface area contributed by atoms with Crippen molar-refractivity contribution >= 4 is 27.5 Å². The molecule has 1 heterocycles. The van der Waals surface area contributed by atoms with Gasteiger partial charge in [-0.2, -0.15) is 9.37 Å². The van der Waals surface area contributed by atoms with Gasteiger partial charge >= 0.3 is 0 Å². The molecular weight excluding hydrogens is 310 g/mol. The monoisotopic (exact) mass is 316 g/mol. The second-order valence-electron chi connectivity index (χ2n) is 3.33. The highest BCUT2D eigenvalue weighted by atomic mass is 79.9. The van der Waals surface area contributed by atoms with Crippen molar-refractivity contribution < 1.29 is 9.13 Å². The van der Waals surface area contributed by atoms with Crippen LogP contribution in [0.4, 0.5) is 4.39 Å². The van der Waals surface area contributed by atoms with E-state index in [2.05, 4.69) is 25.9 Å². The SMILES string of the molecule is Cc1ccc(Oc2nc(Cl)ncc2F)c(Br)c1. The zero-order valence-corrected chi connectivity index (χ0v) is 11.1. The molecule has 1 aromatic heterocycles. The van der Waals surface area contributed by atoms with E-state index in [0.29, 0.717) is 10.2 Å². The Morgan fingerprint density at radius 2 is 2.18 bits per heavy atom. The summed E-state index contributed by atoms with van der Waals surface area (Å²) in [7, 11) is 0. The van der Waals surface area contributed by atoms with E-state index in [1.807, 2.05) is 19.1 Å². The molecule has 0 atom stereocenters. The second kappa shape index (κ2) is 4.98. The van der Waals surface area contributed by atoms with E-state index in [-0.39, 0.29) is 11.2 Å². The van der Waals surface area contributed by atoms with Crippen LogP contribution in [0.25, 0.3) is 0 Å². The lowest BCUT2D eigenvalue weighted by molar-refractivity contribution is 0.417. The molecule has 0 saturated carbocycles. The van der Waals surface area contributed by atoms with Crippen molar-refractivity contribution in [3.8, 4) is 11.6 Å². The minimum Gasteiger partial charge on any atom is -0.435 e. The van der Waals surface area contributed by atoms with Crippen LogP contribution in [0.5, 0.6) is 11.6 Å². The summed E-state index contributed by atoms with van der Waals surface area (Å²) in [5.74, 6) is -0.402. The van der Waals surface area contributed by atoms with Crippen LogP contribution < -0.4 is 4.74 Å². The van der Waals surface area contributed by atoms with Gasteiger partial charge in [0, 0.05) is 0 Å². The highest BCUT2D eigenvalue weighted by molar-refractivity contribution is 9.10. The van der Waals surface area contributed by atoms with Crippen LogP contribution in [0.1, 0.15) is 5.56 Å². The predicted octanol–water partition coefficient (Wildman–Crippen LogP) is 4.13. The van der Waals surface area contributed by atoms with E-state index in [0.717, 1.165) is 11.8 Å². The fourth-order valence-corrected chi connectivity index (χ4v) is 1.90. The quantitative estimate of drug-likeness (QED) is 0.781. The third kappa shape index (κ3) is 2.92. The first kappa shape index (κ1) is 12.3. The lowest BCUT2D eigenvalue weighted by Gasteiger charge is -2.07. The van der Waals surface area contributed by atoms with E-state index in [9.17, 15) is 4.39 Å². The largest absolute Gasteiger partial charge is 0.435 e. The molecular formula is C11H7BrClFN2O. The Balaban J connectivity index is 2.34. The van der Waals surface area contributed by atoms with Crippen molar-refractivity contribution in [2.75, 3.05) is 0 Å². The molecule has 0 aliphatic heterocycles. The number of aromatic nitrogens is 2. The second-order valence-corrected chi connectivity index (χ2v) is 4.52. The molecule has 0 bridgehead atoms. The molecule has 0 amide bonds. The highest BCUT2D eigenvalue weighted by Gasteiger charge is 2.10. The highest BCUT2D eigenvalue weighted by Crippen LogP contribution is 2.30. The topological polar surface area (TPSA) is 35.0 Å². The third-order valence-corrected chi connectivity index (χ3v) is 2.78. The Kier molecular flexibility index (Phi) is 3.59. The lowest BCUT2D eigenvalue weighted by Crippen LogP contribution is -1.95. The van der Waals surface area contributed by atoms with Crippen LogP contribution in [-0.4, -0.2) is 9.97 Å². The number of halogens is 3. The van der Waals surface area contributed by atoms with Gasteiger partial charge in [0.05, 0.1) is 10.7 Å². The van der Waals surface area contributed by atoms with E-state index in [1.54, 1.807) is 6.07 Å². The van der Waals surface area contributed by atoms with Crippen LogP contribution in [0, 0.1) is 12.7 Å². The normalized spacial score (nSPS) is 10.4. The van der Waals surface area contributed by atoms with Crippen LogP contribution >= 0.6 is 27.5 Å². The summed E-state index contributed by atoms with van der Waals surface area (Å²) >= 11 is 8.89. The Labute approximate surface area is 111 Å². The fourth-order valence-electron chi connectivity index (χ4n) is 1.20. The number of rotatable bonds is 2. The molecule has 2 rings (SSSR count). The first-order valence-electron chi connectivity index (χ1n) is 4.68. The fraction of sp³-hybridized carbons (Fsp3) is 0.0909. The molecule has 0 aliphatic carbocycles. The van der Waals surface area contributed by atoms with Gasteiger partial charge in [-0.15, -0.1) is 0 Å². The zero-order chi connectivity index (χ0) is 12.4. The number of ether oxygens (including phenoxy) is 1. The number of aryl methyl sites for hydroxylation is 1. The van der Waals surface area contributed by atoms with Gasteiger partial charge in [-0.1, -0.05) is 6.07 Å². The summed E-state index contributed by atoms with van der Waals surface area (Å²) in [6.45, 7) is 1.94. The van der Waals surface area contributed by atoms with Gasteiger partial charge in [0.25, 0.3) is 5.88 Å². The molecule has 0 radical (unpaired) electrons. The predicted molar refractivity (Wildman–Crippen MR) is 66.0 cm³/mol. The smallest absolute Gasteiger partial charge is 0.260 e. The Morgan fingerprint density at radius 1 is 1.41 bits per heavy atom. The minimum atomic E-state index is -0.665. The standard InChI is InChI=1S/C11H7BrClFN2O/c1-6-2-3-9(7(12)4-6)17-10-8(14)5-15-11(13)16-10/h2-5H,1H3. The summed E-state index contributed by atoms with van der Waals surface area (Å²) in [5.41, 5.74) is 1.06. The molecule has 0 fully saturated rings. The van der Waals surface area contributed by atoms with Gasteiger partial charge in [-0.25, -0.2) is 4.98 Å². The number of hydrogen-bond acceptors (Lipinski definition) is 3. The van der Waals surface area contributed by atoms with E-state index in [4.69, 9.17) is 16.3 Å². The number of benzene rings is 1. The van der Waals surface area contributed by atoms with E-state index in [1.165, 1.54) is 0 Å². The molecule has 0 aliphatic rings. The maximum Gasteiger partial charge on any atom is 0.260 e. The lowest BCUT2D eigenvalue weighted by atomic mass is 10.2. The van der Waals surface area contributed by atoms with Gasteiger partial charge in [0.1, 0.15) is 5.75 Å². The van der Waals surface area contributed by atoms with Gasteiger partial charge in [-0.05, 0) is 52.2 Å². The molecule has 1 aromatic carbocycles. The number of nitrogens with zero attached hydrogens (tertiary/aromatic N) is 2. The van der Waals surface area contributed by atoms with E-state index < -0.39 is 5.82 Å². The average Bonchev–Trinajstić information content (AvgIpc) is 2.27. The van der Waals surface area contributed by atoms with Crippen LogP contribution in [0.2, 0.25) is 5.28 Å². The number of hydrogen-bond donors (Lipinski definition) is 0. The molecule has 0 saturated heterocycles. The summed E-state index contributed by atoms with van der Waals surface area (Å²) in [5, 5.41) is -0.0652. The molecule has 3 nitrogen and oxygen atoms in total. The van der Waals surface area contributed by atoms with Gasteiger partial charge in [0.2, 0.25) is 11.1 Å². The Morgan fingerprint density at radius 3 is 2.88 bits per heavy atom. The molecule has 2 aromatic rings. The molecule has 6 heteroatoms. The summed E-state index contributed by atoms with van der Waals surface area (Å²) in [6.07, 6.45) is 0.965. The van der Waals surface area contributed by atoms with Gasteiger partial charge in [-0.3, -0.25) is 0 Å². The van der Waals surface area contributed by atoms with Crippen molar-refractivity contribution in [2.24, 2.45) is 0 Å². The zero-order valence-electron chi connectivity index (χ0n) is 8.75. The van der Waals surface area contributed by atoms with Crippen LogP contribution in [0.3, 0.4) is 0 Å². The minimum absolute atomic E-state index is 0.0652. The van der Waals surface area contributed by atoms with Crippen molar-refractivity contribution in [1.29, 1.82) is 0 Å². The summed E-state index contributed by atoms with van der Waals surface area (Å²) in [4.78, 5) is 7.17. The van der Waals surface area contributed by atoms with Gasteiger partial charge in [0.15, 0.2) is 0 Å². The van der Waals surface area contributed by atoms with Gasteiger partial charge < -0.3 is 4.74 Å². The molecule has 0 unspecified atom stereocenters. The van der Waals surface area contributed by atoms with Crippen LogP contribution in [-0.2, 0) is 0 Å². The maximum atomic E-state index is 13.3. The van der Waals surface area contributed by atoms with Crippen molar-refractivity contribution in [2.45, 2.75) is 6.92 Å². The van der Waals surface area contributed by atoms with Crippen molar-refractivity contribution in [3.63, 3.8) is 0 Å². The van der Waals surface area contributed by atoms with Crippen molar-refractivity contribution in [3.05, 3.63) is 45.5 Å². The molecule has 0 N–H and O–H groups in total. The summed E-state index contributed by atoms with van der Waals surface area (Å²) in [6, 6.07) is 5.42. The average molecular weight is 318 g/mol. The summed E-state index contributed by atoms with van der Waals surface area (Å²) < 4.78 is 19.4. The Bertz CT molecular complexity index is 565. The molecule has 88 valence electrons. The van der Waals surface area contributed by atoms with E-state index >= 15 is 0 Å². The molecule has 17 heavy (non-hydrogen) atoms. The maximum absolute atomic E-state index is 13.3. The first-order chi connectivity index (χ1) is 8.06. The Hall–Kier alpha value is -1.20. The van der Waals surface area contributed by atoms with Crippen molar-refractivity contribution in [1.82, 2.24) is 9.97 Å². The van der Waals surface area contributed by atoms with Crippen LogP contribution in [0.15, 0.2) is 28.9 Å². The molecule has 0 spiro atoms. The third-order valence-electron chi connectivity index (χ3n) is 1.98.